The van der Waals surface area contributed by atoms with Gasteiger partial charge in [-0.05, 0) is 43.9 Å². The highest BCUT2D eigenvalue weighted by Crippen LogP contribution is 2.17. The van der Waals surface area contributed by atoms with Gasteiger partial charge in [-0.1, -0.05) is 91.8 Å². The summed E-state index contributed by atoms with van der Waals surface area (Å²) in [5, 5.41) is 0. The second-order valence-electron chi connectivity index (χ2n) is 5.33. The Morgan fingerprint density at radius 3 is 1.24 bits per heavy atom. The highest BCUT2D eigenvalue weighted by atomic mass is 14.1. The molecule has 0 aliphatic carbocycles. The summed E-state index contributed by atoms with van der Waals surface area (Å²) in [7, 11) is 0. The second-order valence-corrected chi connectivity index (χ2v) is 5.33. The van der Waals surface area contributed by atoms with Crippen molar-refractivity contribution in [3.8, 4) is 0 Å². The molecule has 1 aromatic carbocycles. The van der Waals surface area contributed by atoms with Crippen LogP contribution in [-0.2, 0) is 6.42 Å². The smallest absolute Gasteiger partial charge is 0.0276 e. The van der Waals surface area contributed by atoms with Gasteiger partial charge in [-0.25, -0.2) is 0 Å². The summed E-state index contributed by atoms with van der Waals surface area (Å²) in [6.07, 6.45) is 6.35. The minimum atomic E-state index is 1.22. The third-order valence-electron chi connectivity index (χ3n) is 2.84. The fourth-order valence-corrected chi connectivity index (χ4v) is 1.85. The highest BCUT2D eigenvalue weighted by molar-refractivity contribution is 5.37. The van der Waals surface area contributed by atoms with Crippen molar-refractivity contribution in [2.24, 2.45) is 0 Å². The second kappa shape index (κ2) is 19.2. The molecule has 0 amide bonds. The van der Waals surface area contributed by atoms with Crippen LogP contribution in [0.5, 0.6) is 0 Å². The Bertz CT molecular complexity index is 285. The monoisotopic (exact) mass is 294 g/mol. The van der Waals surface area contributed by atoms with Crippen LogP contribution < -0.4 is 0 Å². The molecule has 0 fully saturated rings. The van der Waals surface area contributed by atoms with Gasteiger partial charge < -0.3 is 0 Å². The molecule has 0 aliphatic rings. The van der Waals surface area contributed by atoms with Crippen LogP contribution in [0.4, 0.5) is 0 Å². The van der Waals surface area contributed by atoms with Crippen LogP contribution in [0, 0.1) is 20.8 Å². The Morgan fingerprint density at radius 2 is 1.00 bits per heavy atom. The summed E-state index contributed by atoms with van der Waals surface area (Å²) < 4.78 is 0. The lowest BCUT2D eigenvalue weighted by atomic mass is 9.97. The molecule has 0 saturated heterocycles. The minimum Gasteiger partial charge on any atom is -0.0683 e. The predicted molar refractivity (Wildman–Crippen MR) is 103 cm³/mol. The SMILES string of the molecule is CC.CCC.CCCC.CCCc1c(C)cc(C)cc1C. The number of benzene rings is 1. The molecule has 1 rings (SSSR count). The van der Waals surface area contributed by atoms with Gasteiger partial charge >= 0.3 is 0 Å². The Hall–Kier alpha value is -0.780. The molecule has 21 heavy (non-hydrogen) atoms. The van der Waals surface area contributed by atoms with Crippen molar-refractivity contribution >= 4 is 0 Å². The average Bonchev–Trinajstić information content (AvgIpc) is 2.46. The van der Waals surface area contributed by atoms with Gasteiger partial charge in [0.25, 0.3) is 0 Å². The van der Waals surface area contributed by atoms with Crippen molar-refractivity contribution in [3.63, 3.8) is 0 Å². The first-order valence-corrected chi connectivity index (χ1v) is 9.04. The van der Waals surface area contributed by atoms with Gasteiger partial charge in [0, 0.05) is 0 Å². The first kappa shape index (κ1) is 25.2. The van der Waals surface area contributed by atoms with Gasteiger partial charge in [-0.3, -0.25) is 0 Å². The zero-order chi connectivity index (χ0) is 17.3. The molecule has 0 nitrogen and oxygen atoms in total. The predicted octanol–water partition coefficient (Wildman–Crippen LogP) is 7.81. The van der Waals surface area contributed by atoms with Crippen LogP contribution in [0.15, 0.2) is 12.1 Å². The molecule has 0 aliphatic heterocycles. The third kappa shape index (κ3) is 15.4. The normalized spacial score (nSPS) is 8.48. The van der Waals surface area contributed by atoms with Crippen LogP contribution in [0.1, 0.15) is 96.4 Å². The summed E-state index contributed by atoms with van der Waals surface area (Å²) in [5.41, 5.74) is 5.83. The molecular formula is C21H42. The van der Waals surface area contributed by atoms with Crippen LogP contribution in [-0.4, -0.2) is 0 Å². The highest BCUT2D eigenvalue weighted by Gasteiger charge is 2.01. The van der Waals surface area contributed by atoms with Crippen molar-refractivity contribution in [1.29, 1.82) is 0 Å². The summed E-state index contributed by atoms with van der Waals surface area (Å²) in [6.45, 7) is 21.4. The quantitative estimate of drug-likeness (QED) is 0.533. The standard InChI is InChI=1S/C12H18.C4H10.C3H8.C2H6/c1-5-6-12-10(3)7-9(2)8-11(12)4;1-3-4-2;1-3-2;1-2/h7-8H,5-6H2,1-4H3;3-4H2,1-2H3;3H2,1-2H3;1-2H3. The summed E-state index contributed by atoms with van der Waals surface area (Å²) in [5.74, 6) is 0. The van der Waals surface area contributed by atoms with E-state index in [0.717, 1.165) is 0 Å². The number of rotatable bonds is 3. The lowest BCUT2D eigenvalue weighted by molar-refractivity contribution is 0.886. The number of unbranched alkanes of at least 4 members (excludes halogenated alkanes) is 1. The van der Waals surface area contributed by atoms with Crippen LogP contribution in [0.3, 0.4) is 0 Å². The van der Waals surface area contributed by atoms with Gasteiger partial charge in [0.05, 0.1) is 0 Å². The summed E-state index contributed by atoms with van der Waals surface area (Å²) in [4.78, 5) is 0. The molecule has 0 heteroatoms. The summed E-state index contributed by atoms with van der Waals surface area (Å²) >= 11 is 0. The Balaban J connectivity index is -0.000000301. The van der Waals surface area contributed by atoms with Gasteiger partial charge in [0.2, 0.25) is 0 Å². The molecule has 0 aromatic heterocycles. The summed E-state index contributed by atoms with van der Waals surface area (Å²) in [6, 6.07) is 4.55. The van der Waals surface area contributed by atoms with Gasteiger partial charge in [0.1, 0.15) is 0 Å². The number of hydrogen-bond acceptors (Lipinski definition) is 0. The van der Waals surface area contributed by atoms with Crippen LogP contribution in [0.25, 0.3) is 0 Å². The molecule has 0 saturated carbocycles. The average molecular weight is 295 g/mol. The Kier molecular flexibility index (Phi) is 23.1. The van der Waals surface area contributed by atoms with E-state index in [2.05, 4.69) is 67.5 Å². The van der Waals surface area contributed by atoms with Gasteiger partial charge in [-0.2, -0.15) is 0 Å². The van der Waals surface area contributed by atoms with E-state index in [-0.39, 0.29) is 0 Å². The zero-order valence-corrected chi connectivity index (χ0v) is 16.7. The van der Waals surface area contributed by atoms with E-state index in [9.17, 15) is 0 Å². The molecule has 126 valence electrons. The molecule has 0 radical (unpaired) electrons. The van der Waals surface area contributed by atoms with Crippen molar-refractivity contribution < 1.29 is 0 Å². The van der Waals surface area contributed by atoms with Crippen molar-refractivity contribution in [1.82, 2.24) is 0 Å². The number of aryl methyl sites for hydroxylation is 3. The largest absolute Gasteiger partial charge is 0.0683 e. The molecular weight excluding hydrogens is 252 g/mol. The van der Waals surface area contributed by atoms with Crippen molar-refractivity contribution in [3.05, 3.63) is 34.4 Å². The van der Waals surface area contributed by atoms with Crippen molar-refractivity contribution in [2.75, 3.05) is 0 Å². The van der Waals surface area contributed by atoms with Gasteiger partial charge in [-0.15, -0.1) is 0 Å². The topological polar surface area (TPSA) is 0 Å². The van der Waals surface area contributed by atoms with E-state index >= 15 is 0 Å². The number of hydrogen-bond donors (Lipinski definition) is 0. The van der Waals surface area contributed by atoms with E-state index < -0.39 is 0 Å². The Morgan fingerprint density at radius 1 is 0.667 bits per heavy atom. The van der Waals surface area contributed by atoms with E-state index in [0.29, 0.717) is 0 Å². The Labute approximate surface area is 136 Å². The maximum Gasteiger partial charge on any atom is -0.0276 e. The fraction of sp³-hybridized carbons (Fsp3) is 0.714. The first-order valence-electron chi connectivity index (χ1n) is 9.04. The van der Waals surface area contributed by atoms with E-state index in [1.165, 1.54) is 48.8 Å². The molecule has 0 bridgehead atoms. The maximum atomic E-state index is 2.28. The van der Waals surface area contributed by atoms with E-state index in [1.807, 2.05) is 13.8 Å². The molecule has 0 atom stereocenters. The van der Waals surface area contributed by atoms with Crippen LogP contribution >= 0.6 is 0 Å². The molecule has 0 N–H and O–H groups in total. The lowest BCUT2D eigenvalue weighted by Gasteiger charge is -2.09. The maximum absolute atomic E-state index is 2.28. The molecule has 0 heterocycles. The van der Waals surface area contributed by atoms with E-state index in [4.69, 9.17) is 0 Å². The van der Waals surface area contributed by atoms with Gasteiger partial charge in [0.15, 0.2) is 0 Å². The molecule has 0 spiro atoms. The zero-order valence-electron chi connectivity index (χ0n) is 16.7. The van der Waals surface area contributed by atoms with E-state index in [1.54, 1.807) is 5.56 Å². The lowest BCUT2D eigenvalue weighted by Crippen LogP contribution is -1.93. The van der Waals surface area contributed by atoms with Crippen LogP contribution in [0.2, 0.25) is 0 Å². The third-order valence-corrected chi connectivity index (χ3v) is 2.84. The first-order chi connectivity index (χ1) is 9.98. The molecule has 1 aromatic rings. The van der Waals surface area contributed by atoms with Crippen molar-refractivity contribution in [2.45, 2.75) is 101 Å². The molecule has 0 unspecified atom stereocenters. The minimum absolute atomic E-state index is 1.22. The fourth-order valence-electron chi connectivity index (χ4n) is 1.85.